The van der Waals surface area contributed by atoms with Crippen molar-refractivity contribution in [1.82, 2.24) is 10.2 Å². The second-order valence-electron chi connectivity index (χ2n) is 8.91. The molecule has 0 bridgehead atoms. The van der Waals surface area contributed by atoms with Crippen molar-refractivity contribution in [3.63, 3.8) is 0 Å². The van der Waals surface area contributed by atoms with E-state index in [0.29, 0.717) is 24.5 Å². The van der Waals surface area contributed by atoms with Crippen LogP contribution in [0.2, 0.25) is 0 Å². The van der Waals surface area contributed by atoms with Gasteiger partial charge in [0.1, 0.15) is 6.04 Å². The molecule has 3 aromatic rings. The fourth-order valence-corrected chi connectivity index (χ4v) is 3.93. The number of aryl methyl sites for hydroxylation is 1. The van der Waals surface area contributed by atoms with Crippen LogP contribution >= 0.6 is 0 Å². The SMILES string of the molecule is CC[C@H](C)NC(=O)[C@@H](Cc1ccccc1)N(Cc1ccccc1C)C(=O)COc1ccccc1OC. The van der Waals surface area contributed by atoms with Crippen LogP contribution < -0.4 is 14.8 Å². The summed E-state index contributed by atoms with van der Waals surface area (Å²) >= 11 is 0. The fraction of sp³-hybridized carbons (Fsp3) is 0.333. The number of nitrogens with one attached hydrogen (secondary N) is 1. The standard InChI is InChI=1S/C30H36N2O4/c1-5-23(3)31-30(34)26(19-24-14-7-6-8-15-24)32(20-25-16-10-9-13-22(25)2)29(33)21-36-28-18-12-11-17-27(28)35-4/h6-18,23,26H,5,19-21H2,1-4H3,(H,31,34)/t23-,26+/m0/s1. The summed E-state index contributed by atoms with van der Waals surface area (Å²) in [4.78, 5) is 28.9. The Balaban J connectivity index is 1.94. The van der Waals surface area contributed by atoms with Crippen LogP contribution in [0, 0.1) is 6.92 Å². The predicted molar refractivity (Wildman–Crippen MR) is 142 cm³/mol. The first-order valence-corrected chi connectivity index (χ1v) is 12.4. The first kappa shape index (κ1) is 26.8. The number of hydrogen-bond donors (Lipinski definition) is 1. The molecule has 0 radical (unpaired) electrons. The molecular formula is C30H36N2O4. The molecule has 6 heteroatoms. The summed E-state index contributed by atoms with van der Waals surface area (Å²) in [7, 11) is 1.56. The average Bonchev–Trinajstić information content (AvgIpc) is 2.90. The van der Waals surface area contributed by atoms with E-state index in [1.807, 2.05) is 87.5 Å². The zero-order valence-corrected chi connectivity index (χ0v) is 21.6. The number of benzene rings is 3. The summed E-state index contributed by atoms with van der Waals surface area (Å²) in [6.07, 6.45) is 1.20. The summed E-state index contributed by atoms with van der Waals surface area (Å²) in [5.74, 6) is 0.579. The highest BCUT2D eigenvalue weighted by molar-refractivity contribution is 5.88. The van der Waals surface area contributed by atoms with Crippen molar-refractivity contribution in [3.05, 3.63) is 95.6 Å². The third kappa shape index (κ3) is 7.35. The van der Waals surface area contributed by atoms with Gasteiger partial charge >= 0.3 is 0 Å². The fourth-order valence-electron chi connectivity index (χ4n) is 3.93. The molecule has 6 nitrogen and oxygen atoms in total. The molecular weight excluding hydrogens is 452 g/mol. The molecule has 0 unspecified atom stereocenters. The number of carbonyl (C=O) groups excluding carboxylic acids is 2. The molecule has 0 aliphatic rings. The maximum atomic E-state index is 13.7. The van der Waals surface area contributed by atoms with Crippen molar-refractivity contribution in [3.8, 4) is 11.5 Å². The highest BCUT2D eigenvalue weighted by Gasteiger charge is 2.31. The number of nitrogens with zero attached hydrogens (tertiary/aromatic N) is 1. The number of methoxy groups -OCH3 is 1. The lowest BCUT2D eigenvalue weighted by molar-refractivity contribution is -0.143. The smallest absolute Gasteiger partial charge is 0.261 e. The Bertz CT molecular complexity index is 1130. The van der Waals surface area contributed by atoms with Crippen LogP contribution in [0.1, 0.15) is 37.0 Å². The Morgan fingerprint density at radius 1 is 0.917 bits per heavy atom. The maximum Gasteiger partial charge on any atom is 0.261 e. The zero-order valence-electron chi connectivity index (χ0n) is 21.6. The van der Waals surface area contributed by atoms with Crippen molar-refractivity contribution in [2.24, 2.45) is 0 Å². The monoisotopic (exact) mass is 488 g/mol. The van der Waals surface area contributed by atoms with Gasteiger partial charge < -0.3 is 19.7 Å². The van der Waals surface area contributed by atoms with Crippen molar-refractivity contribution in [2.75, 3.05) is 13.7 Å². The van der Waals surface area contributed by atoms with Gasteiger partial charge in [0.05, 0.1) is 7.11 Å². The molecule has 0 fully saturated rings. The minimum atomic E-state index is -0.699. The van der Waals surface area contributed by atoms with Gasteiger partial charge in [-0.25, -0.2) is 0 Å². The number of rotatable bonds is 12. The average molecular weight is 489 g/mol. The highest BCUT2D eigenvalue weighted by atomic mass is 16.5. The van der Waals surface area contributed by atoms with Gasteiger partial charge in [0.25, 0.3) is 5.91 Å². The van der Waals surface area contributed by atoms with Crippen LogP contribution in [0.5, 0.6) is 11.5 Å². The van der Waals surface area contributed by atoms with Crippen molar-refractivity contribution < 1.29 is 19.1 Å². The number of para-hydroxylation sites is 2. The molecule has 2 amide bonds. The van der Waals surface area contributed by atoms with E-state index in [1.165, 1.54) is 0 Å². The maximum absolute atomic E-state index is 13.7. The van der Waals surface area contributed by atoms with Crippen LogP contribution in [-0.4, -0.2) is 42.5 Å². The van der Waals surface area contributed by atoms with E-state index >= 15 is 0 Å². The third-order valence-corrected chi connectivity index (χ3v) is 6.29. The Hall–Kier alpha value is -3.80. The summed E-state index contributed by atoms with van der Waals surface area (Å²) in [5.41, 5.74) is 3.02. The molecule has 1 N–H and O–H groups in total. The van der Waals surface area contributed by atoms with Crippen LogP contribution in [0.25, 0.3) is 0 Å². The normalized spacial score (nSPS) is 12.3. The molecule has 36 heavy (non-hydrogen) atoms. The molecule has 0 saturated carbocycles. The number of carbonyl (C=O) groups is 2. The number of amides is 2. The molecule has 0 spiro atoms. The van der Waals surface area contributed by atoms with Crippen LogP contribution in [0.4, 0.5) is 0 Å². The van der Waals surface area contributed by atoms with Gasteiger partial charge in [-0.2, -0.15) is 0 Å². The largest absolute Gasteiger partial charge is 0.493 e. The van der Waals surface area contributed by atoms with E-state index in [1.54, 1.807) is 24.1 Å². The number of hydrogen-bond acceptors (Lipinski definition) is 4. The zero-order chi connectivity index (χ0) is 25.9. The minimum Gasteiger partial charge on any atom is -0.493 e. The second-order valence-corrected chi connectivity index (χ2v) is 8.91. The Labute approximate surface area is 214 Å². The molecule has 0 saturated heterocycles. The van der Waals surface area contributed by atoms with Crippen LogP contribution in [0.3, 0.4) is 0 Å². The molecule has 0 aromatic heterocycles. The van der Waals surface area contributed by atoms with Crippen molar-refractivity contribution >= 4 is 11.8 Å². The Morgan fingerprint density at radius 2 is 1.56 bits per heavy atom. The molecule has 2 atom stereocenters. The molecule has 0 heterocycles. The van der Waals surface area contributed by atoms with E-state index in [0.717, 1.165) is 23.1 Å². The molecule has 190 valence electrons. The van der Waals surface area contributed by atoms with Crippen molar-refractivity contribution in [1.29, 1.82) is 0 Å². The van der Waals surface area contributed by atoms with Crippen LogP contribution in [-0.2, 0) is 22.6 Å². The lowest BCUT2D eigenvalue weighted by Gasteiger charge is -2.32. The summed E-state index contributed by atoms with van der Waals surface area (Å²) < 4.78 is 11.2. The molecule has 0 aliphatic heterocycles. The topological polar surface area (TPSA) is 67.9 Å². The van der Waals surface area contributed by atoms with E-state index in [4.69, 9.17) is 9.47 Å². The van der Waals surface area contributed by atoms with E-state index < -0.39 is 6.04 Å². The quantitative estimate of drug-likeness (QED) is 0.392. The Morgan fingerprint density at radius 3 is 2.22 bits per heavy atom. The molecule has 3 rings (SSSR count). The van der Waals surface area contributed by atoms with Gasteiger partial charge in [-0.3, -0.25) is 9.59 Å². The van der Waals surface area contributed by atoms with E-state index in [-0.39, 0.29) is 24.5 Å². The molecule has 0 aliphatic carbocycles. The third-order valence-electron chi connectivity index (χ3n) is 6.29. The van der Waals surface area contributed by atoms with Crippen molar-refractivity contribution in [2.45, 2.75) is 52.2 Å². The second kappa shape index (κ2) is 13.3. The Kier molecular flexibility index (Phi) is 9.92. The summed E-state index contributed by atoms with van der Waals surface area (Å²) in [5, 5.41) is 3.08. The first-order valence-electron chi connectivity index (χ1n) is 12.4. The first-order chi connectivity index (χ1) is 17.4. The van der Waals surface area contributed by atoms with Crippen LogP contribution in [0.15, 0.2) is 78.9 Å². The summed E-state index contributed by atoms with van der Waals surface area (Å²) in [6.45, 7) is 6.08. The van der Waals surface area contributed by atoms with E-state index in [9.17, 15) is 9.59 Å². The predicted octanol–water partition coefficient (Wildman–Crippen LogP) is 4.94. The van der Waals surface area contributed by atoms with Gasteiger partial charge in [0.15, 0.2) is 18.1 Å². The number of ether oxygens (including phenoxy) is 2. The molecule has 3 aromatic carbocycles. The van der Waals surface area contributed by atoms with E-state index in [2.05, 4.69) is 5.32 Å². The van der Waals surface area contributed by atoms with Gasteiger partial charge in [-0.1, -0.05) is 73.7 Å². The summed E-state index contributed by atoms with van der Waals surface area (Å²) in [6, 6.07) is 24.2. The lowest BCUT2D eigenvalue weighted by Crippen LogP contribution is -2.53. The van der Waals surface area contributed by atoms with Gasteiger partial charge in [0.2, 0.25) is 5.91 Å². The van der Waals surface area contributed by atoms with Gasteiger partial charge in [-0.05, 0) is 49.1 Å². The van der Waals surface area contributed by atoms with Gasteiger partial charge in [-0.15, -0.1) is 0 Å². The minimum absolute atomic E-state index is 0.00369. The lowest BCUT2D eigenvalue weighted by atomic mass is 10.0. The van der Waals surface area contributed by atoms with Gasteiger partial charge in [0, 0.05) is 19.0 Å². The highest BCUT2D eigenvalue weighted by Crippen LogP contribution is 2.26.